The Morgan fingerprint density at radius 1 is 1.21 bits per heavy atom. The smallest absolute Gasteiger partial charge is 0.348 e. The van der Waals surface area contributed by atoms with Crippen molar-refractivity contribution in [3.05, 3.63) is 53.6 Å². The van der Waals surface area contributed by atoms with E-state index in [1.54, 1.807) is 24.3 Å². The molecule has 0 bridgehead atoms. The maximum atomic E-state index is 13.0. The van der Waals surface area contributed by atoms with Crippen molar-refractivity contribution in [2.24, 2.45) is 0 Å². The number of para-hydroxylation sites is 2. The number of rotatable bonds is 5. The van der Waals surface area contributed by atoms with E-state index in [1.807, 2.05) is 0 Å². The van der Waals surface area contributed by atoms with Crippen LogP contribution in [0.4, 0.5) is 5.69 Å². The van der Waals surface area contributed by atoms with E-state index >= 15 is 0 Å². The number of hydrogen-bond acceptors (Lipinski definition) is 6. The minimum Gasteiger partial charge on any atom is -0.475 e. The Bertz CT molecular complexity index is 1030. The van der Waals surface area contributed by atoms with E-state index < -0.39 is 34.5 Å². The number of hydrogen-bond donors (Lipinski definition) is 0. The molecule has 29 heavy (non-hydrogen) atoms. The molecule has 0 aliphatic carbocycles. The lowest BCUT2D eigenvalue weighted by atomic mass is 10.2. The molecule has 1 heterocycles. The SMILES string of the molecule is COC(=O)[C@@H]1CN(C(=O)CN(C)S(=O)(=O)c2ccc(Cl)cc2)c2ccccc2O1. The summed E-state index contributed by atoms with van der Waals surface area (Å²) in [4.78, 5) is 26.2. The number of methoxy groups -OCH3 is 1. The molecular formula is C19H19ClN2O6S. The van der Waals surface area contributed by atoms with Crippen LogP contribution in [-0.4, -0.2) is 58.0 Å². The minimum absolute atomic E-state index is 0.0204. The highest BCUT2D eigenvalue weighted by molar-refractivity contribution is 7.89. The highest BCUT2D eigenvalue weighted by Gasteiger charge is 2.35. The molecule has 10 heteroatoms. The second kappa shape index (κ2) is 8.40. The topological polar surface area (TPSA) is 93.2 Å². The summed E-state index contributed by atoms with van der Waals surface area (Å²) in [7, 11) is -1.36. The molecule has 0 fully saturated rings. The summed E-state index contributed by atoms with van der Waals surface area (Å²) in [5, 5.41) is 0.404. The summed E-state index contributed by atoms with van der Waals surface area (Å²) in [5.74, 6) is -0.792. The number of amides is 1. The average Bonchev–Trinajstić information content (AvgIpc) is 2.72. The van der Waals surface area contributed by atoms with Crippen LogP contribution in [0.15, 0.2) is 53.4 Å². The molecule has 1 aliphatic rings. The summed E-state index contributed by atoms with van der Waals surface area (Å²) in [5.41, 5.74) is 0.454. The molecule has 0 radical (unpaired) electrons. The normalized spacial score (nSPS) is 16.1. The molecule has 1 amide bonds. The van der Waals surface area contributed by atoms with Gasteiger partial charge in [0.2, 0.25) is 22.0 Å². The molecule has 0 saturated carbocycles. The number of nitrogens with zero attached hydrogens (tertiary/aromatic N) is 2. The number of carbonyl (C=O) groups is 2. The number of fused-ring (bicyclic) bond motifs is 1. The van der Waals surface area contributed by atoms with Crippen molar-refractivity contribution in [3.63, 3.8) is 0 Å². The molecule has 2 aromatic carbocycles. The number of esters is 1. The predicted octanol–water partition coefficient (Wildman–Crippen LogP) is 1.93. The van der Waals surface area contributed by atoms with E-state index in [1.165, 1.54) is 43.3 Å². The number of carbonyl (C=O) groups excluding carboxylic acids is 2. The van der Waals surface area contributed by atoms with Gasteiger partial charge in [0.15, 0.2) is 0 Å². The van der Waals surface area contributed by atoms with Gasteiger partial charge in [-0.3, -0.25) is 4.79 Å². The van der Waals surface area contributed by atoms with Crippen molar-refractivity contribution in [1.29, 1.82) is 0 Å². The quantitative estimate of drug-likeness (QED) is 0.662. The zero-order valence-corrected chi connectivity index (χ0v) is 17.3. The zero-order chi connectivity index (χ0) is 21.2. The fraction of sp³-hybridized carbons (Fsp3) is 0.263. The second-order valence-corrected chi connectivity index (χ2v) is 8.80. The first kappa shape index (κ1) is 21.1. The molecule has 2 aromatic rings. The molecule has 0 saturated heterocycles. The molecule has 8 nitrogen and oxygen atoms in total. The fourth-order valence-corrected chi connectivity index (χ4v) is 4.12. The Kier molecular flexibility index (Phi) is 6.11. The van der Waals surface area contributed by atoms with Gasteiger partial charge in [-0.05, 0) is 36.4 Å². The van der Waals surface area contributed by atoms with Crippen LogP contribution < -0.4 is 9.64 Å². The van der Waals surface area contributed by atoms with Crippen molar-refractivity contribution >= 4 is 39.2 Å². The Hall–Kier alpha value is -2.62. The summed E-state index contributed by atoms with van der Waals surface area (Å²) < 4.78 is 36.7. The predicted molar refractivity (Wildman–Crippen MR) is 106 cm³/mol. The third-order valence-electron chi connectivity index (χ3n) is 4.42. The Morgan fingerprint density at radius 3 is 2.52 bits per heavy atom. The Labute approximate surface area is 173 Å². The van der Waals surface area contributed by atoms with Crippen molar-refractivity contribution in [2.75, 3.05) is 32.1 Å². The van der Waals surface area contributed by atoms with Crippen LogP contribution in [0, 0.1) is 0 Å². The number of benzene rings is 2. The van der Waals surface area contributed by atoms with Gasteiger partial charge in [-0.1, -0.05) is 23.7 Å². The van der Waals surface area contributed by atoms with Gasteiger partial charge in [0.05, 0.1) is 30.8 Å². The number of ether oxygens (including phenoxy) is 2. The largest absolute Gasteiger partial charge is 0.475 e. The Morgan fingerprint density at radius 2 is 1.86 bits per heavy atom. The molecule has 154 valence electrons. The first-order chi connectivity index (χ1) is 13.7. The molecule has 0 spiro atoms. The molecule has 1 atom stereocenters. The monoisotopic (exact) mass is 438 g/mol. The lowest BCUT2D eigenvalue weighted by Crippen LogP contribution is -2.50. The van der Waals surface area contributed by atoms with Crippen LogP contribution in [0.3, 0.4) is 0 Å². The first-order valence-corrected chi connectivity index (χ1v) is 10.4. The number of likely N-dealkylation sites (N-methyl/N-ethyl adjacent to an activating group) is 1. The number of sulfonamides is 1. The van der Waals surface area contributed by atoms with Crippen LogP contribution in [0.1, 0.15) is 0 Å². The molecule has 0 N–H and O–H groups in total. The van der Waals surface area contributed by atoms with Crippen LogP contribution in [-0.2, 0) is 24.3 Å². The van der Waals surface area contributed by atoms with E-state index in [0.717, 1.165) is 4.31 Å². The molecule has 3 rings (SSSR count). The van der Waals surface area contributed by atoms with Crippen molar-refractivity contribution in [1.82, 2.24) is 4.31 Å². The molecule has 1 aliphatic heterocycles. The Balaban J connectivity index is 1.83. The summed E-state index contributed by atoms with van der Waals surface area (Å²) >= 11 is 5.81. The van der Waals surface area contributed by atoms with E-state index in [0.29, 0.717) is 16.5 Å². The maximum Gasteiger partial charge on any atom is 0.348 e. The number of anilines is 1. The van der Waals surface area contributed by atoms with Gasteiger partial charge < -0.3 is 14.4 Å². The van der Waals surface area contributed by atoms with Gasteiger partial charge in [0.1, 0.15) is 5.75 Å². The van der Waals surface area contributed by atoms with Crippen molar-refractivity contribution < 1.29 is 27.5 Å². The second-order valence-electron chi connectivity index (χ2n) is 6.32. The summed E-state index contributed by atoms with van der Waals surface area (Å²) in [6.07, 6.45) is -1.00. The van der Waals surface area contributed by atoms with Gasteiger partial charge in [-0.2, -0.15) is 4.31 Å². The molecule has 0 aromatic heterocycles. The maximum absolute atomic E-state index is 13.0. The van der Waals surface area contributed by atoms with Crippen molar-refractivity contribution in [2.45, 2.75) is 11.0 Å². The minimum atomic E-state index is -3.90. The standard InChI is InChI=1S/C19H19ClN2O6S/c1-21(29(25,26)14-9-7-13(20)8-10-14)12-18(23)22-11-17(19(24)27-2)28-16-6-4-3-5-15(16)22/h3-10,17H,11-12H2,1-2H3/t17-/m0/s1. The zero-order valence-electron chi connectivity index (χ0n) is 15.7. The van der Waals surface area contributed by atoms with E-state index in [9.17, 15) is 18.0 Å². The van der Waals surface area contributed by atoms with E-state index in [2.05, 4.69) is 0 Å². The highest BCUT2D eigenvalue weighted by Crippen LogP contribution is 2.33. The number of halogens is 1. The summed E-state index contributed by atoms with van der Waals surface area (Å²) in [6.45, 7) is -0.509. The average molecular weight is 439 g/mol. The van der Waals surface area contributed by atoms with Gasteiger partial charge in [-0.15, -0.1) is 0 Å². The third-order valence-corrected chi connectivity index (χ3v) is 6.49. The van der Waals surface area contributed by atoms with Gasteiger partial charge >= 0.3 is 5.97 Å². The van der Waals surface area contributed by atoms with Gasteiger partial charge in [0.25, 0.3) is 0 Å². The van der Waals surface area contributed by atoms with Gasteiger partial charge in [-0.25, -0.2) is 13.2 Å². The third kappa shape index (κ3) is 4.36. The lowest BCUT2D eigenvalue weighted by Gasteiger charge is -2.34. The van der Waals surface area contributed by atoms with E-state index in [-0.39, 0.29) is 11.4 Å². The van der Waals surface area contributed by atoms with E-state index in [4.69, 9.17) is 21.1 Å². The van der Waals surface area contributed by atoms with Gasteiger partial charge in [0, 0.05) is 12.1 Å². The van der Waals surface area contributed by atoms with Crippen LogP contribution in [0.2, 0.25) is 5.02 Å². The molecule has 0 unspecified atom stereocenters. The lowest BCUT2D eigenvalue weighted by molar-refractivity contribution is -0.148. The van der Waals surface area contributed by atoms with Crippen molar-refractivity contribution in [3.8, 4) is 5.75 Å². The molecular weight excluding hydrogens is 420 g/mol. The first-order valence-electron chi connectivity index (χ1n) is 8.60. The van der Waals surface area contributed by atoms with Crippen LogP contribution in [0.25, 0.3) is 0 Å². The fourth-order valence-electron chi connectivity index (χ4n) is 2.87. The van der Waals surface area contributed by atoms with Crippen LogP contribution >= 0.6 is 11.6 Å². The summed E-state index contributed by atoms with van der Waals surface area (Å²) in [6, 6.07) is 12.4. The highest BCUT2D eigenvalue weighted by atomic mass is 35.5. The van der Waals surface area contributed by atoms with Crippen LogP contribution in [0.5, 0.6) is 5.75 Å².